The summed E-state index contributed by atoms with van der Waals surface area (Å²) < 4.78 is 0.330. The van der Waals surface area contributed by atoms with Crippen LogP contribution in [0.1, 0.15) is 30.6 Å². The van der Waals surface area contributed by atoms with E-state index in [1.54, 1.807) is 11.0 Å². The second-order valence-corrected chi connectivity index (χ2v) is 5.83. The van der Waals surface area contributed by atoms with Crippen LogP contribution in [-0.4, -0.2) is 28.8 Å². The van der Waals surface area contributed by atoms with Crippen molar-refractivity contribution in [2.45, 2.75) is 20.3 Å². The first-order valence-electron chi connectivity index (χ1n) is 6.47. The molecule has 0 bridgehead atoms. The van der Waals surface area contributed by atoms with Crippen LogP contribution in [0.4, 0.5) is 5.69 Å². The van der Waals surface area contributed by atoms with Crippen molar-refractivity contribution in [3.8, 4) is 6.07 Å². The molecule has 0 spiro atoms. The van der Waals surface area contributed by atoms with Crippen molar-refractivity contribution in [3.05, 3.63) is 38.3 Å². The number of amides is 1. The lowest BCUT2D eigenvalue weighted by Gasteiger charge is -2.23. The largest absolute Gasteiger partial charge is 0.337 e. The molecule has 21 heavy (non-hydrogen) atoms. The van der Waals surface area contributed by atoms with Gasteiger partial charge in [-0.1, -0.05) is 13.8 Å². The molecule has 1 aromatic rings. The minimum atomic E-state index is -0.539. The molecule has 0 aliphatic rings. The highest BCUT2D eigenvalue weighted by molar-refractivity contribution is 9.10. The molecule has 1 rings (SSSR count). The molecule has 112 valence electrons. The van der Waals surface area contributed by atoms with Gasteiger partial charge < -0.3 is 4.90 Å². The van der Waals surface area contributed by atoms with Crippen LogP contribution in [0.15, 0.2) is 22.7 Å². The van der Waals surface area contributed by atoms with Crippen molar-refractivity contribution in [2.75, 3.05) is 13.1 Å². The second kappa shape index (κ2) is 7.74. The summed E-state index contributed by atoms with van der Waals surface area (Å²) in [6.07, 6.45) is 0.233. The fourth-order valence-corrected chi connectivity index (χ4v) is 2.26. The Morgan fingerprint density at radius 1 is 1.52 bits per heavy atom. The molecule has 0 unspecified atom stereocenters. The molecule has 0 aliphatic carbocycles. The van der Waals surface area contributed by atoms with Crippen molar-refractivity contribution in [2.24, 2.45) is 5.92 Å². The lowest BCUT2D eigenvalue weighted by atomic mass is 10.1. The molecule has 0 aromatic heterocycles. The van der Waals surface area contributed by atoms with Crippen molar-refractivity contribution in [1.82, 2.24) is 4.90 Å². The average Bonchev–Trinajstić information content (AvgIpc) is 2.42. The standard InChI is InChI=1S/C14H16BrN3O3/c1-10(2)9-17(7-3-6-16)14(19)11-4-5-12(15)13(8-11)18(20)21/h4-5,8,10H,3,7,9H2,1-2H3. The predicted octanol–water partition coefficient (Wildman–Crippen LogP) is 3.37. The maximum absolute atomic E-state index is 12.5. The summed E-state index contributed by atoms with van der Waals surface area (Å²) in [4.78, 5) is 24.4. The molecule has 0 radical (unpaired) electrons. The SMILES string of the molecule is CC(C)CN(CCC#N)C(=O)c1ccc(Br)c([N+](=O)[O-])c1. The number of nitro benzene ring substituents is 1. The Morgan fingerprint density at radius 2 is 2.19 bits per heavy atom. The van der Waals surface area contributed by atoms with Gasteiger partial charge in [-0.05, 0) is 34.0 Å². The summed E-state index contributed by atoms with van der Waals surface area (Å²) in [5, 5.41) is 19.6. The number of carbonyl (C=O) groups is 1. The van der Waals surface area contributed by atoms with Gasteiger partial charge in [0, 0.05) is 24.7 Å². The van der Waals surface area contributed by atoms with Gasteiger partial charge in [0.05, 0.1) is 21.9 Å². The summed E-state index contributed by atoms with van der Waals surface area (Å²) in [5.74, 6) is -0.0485. The minimum absolute atomic E-state index is 0.148. The molecule has 0 aliphatic heterocycles. The van der Waals surface area contributed by atoms with Crippen LogP contribution in [0, 0.1) is 27.4 Å². The third kappa shape index (κ3) is 4.83. The summed E-state index contributed by atoms with van der Waals surface area (Å²) in [7, 11) is 0. The van der Waals surface area contributed by atoms with Crippen molar-refractivity contribution >= 4 is 27.5 Å². The van der Waals surface area contributed by atoms with Crippen molar-refractivity contribution in [1.29, 1.82) is 5.26 Å². The molecular weight excluding hydrogens is 338 g/mol. The molecule has 0 saturated carbocycles. The van der Waals surface area contributed by atoms with Crippen molar-refractivity contribution < 1.29 is 9.72 Å². The number of carbonyl (C=O) groups excluding carboxylic acids is 1. The Balaban J connectivity index is 3.05. The van der Waals surface area contributed by atoms with E-state index in [1.165, 1.54) is 12.1 Å². The first-order chi connectivity index (χ1) is 9.86. The number of nitrogens with zero attached hydrogens (tertiary/aromatic N) is 3. The van der Waals surface area contributed by atoms with Gasteiger partial charge in [0.2, 0.25) is 0 Å². The van der Waals surface area contributed by atoms with Crippen LogP contribution in [0.3, 0.4) is 0 Å². The number of halogens is 1. The summed E-state index contributed by atoms with van der Waals surface area (Å²) in [6, 6.07) is 6.29. The summed E-state index contributed by atoms with van der Waals surface area (Å²) in [5.41, 5.74) is 0.106. The molecule has 0 heterocycles. The number of nitriles is 1. The van der Waals surface area contributed by atoms with E-state index in [4.69, 9.17) is 5.26 Å². The molecular formula is C14H16BrN3O3. The number of nitro groups is 1. The van der Waals surface area contributed by atoms with E-state index in [0.717, 1.165) is 0 Å². The Labute approximate surface area is 131 Å². The van der Waals surface area contributed by atoms with Gasteiger partial charge in [-0.15, -0.1) is 0 Å². The summed E-state index contributed by atoms with van der Waals surface area (Å²) >= 11 is 3.09. The maximum Gasteiger partial charge on any atom is 0.284 e. The molecule has 7 heteroatoms. The third-order valence-corrected chi connectivity index (χ3v) is 3.43. The highest BCUT2D eigenvalue weighted by Crippen LogP contribution is 2.26. The Hall–Kier alpha value is -1.94. The third-order valence-electron chi connectivity index (χ3n) is 2.76. The van der Waals surface area contributed by atoms with Crippen LogP contribution in [0.2, 0.25) is 0 Å². The quantitative estimate of drug-likeness (QED) is 0.579. The molecule has 6 nitrogen and oxygen atoms in total. The Bertz CT molecular complexity index is 581. The van der Waals surface area contributed by atoms with Gasteiger partial charge in [0.1, 0.15) is 0 Å². The van der Waals surface area contributed by atoms with Gasteiger partial charge in [-0.25, -0.2) is 0 Å². The maximum atomic E-state index is 12.5. The number of hydrogen-bond acceptors (Lipinski definition) is 4. The monoisotopic (exact) mass is 353 g/mol. The average molecular weight is 354 g/mol. The van der Waals surface area contributed by atoms with Crippen LogP contribution in [0.5, 0.6) is 0 Å². The second-order valence-electron chi connectivity index (χ2n) is 4.98. The van der Waals surface area contributed by atoms with Gasteiger partial charge in [0.15, 0.2) is 0 Å². The minimum Gasteiger partial charge on any atom is -0.337 e. The number of rotatable bonds is 6. The lowest BCUT2D eigenvalue weighted by molar-refractivity contribution is -0.385. The van der Waals surface area contributed by atoms with E-state index in [0.29, 0.717) is 17.6 Å². The van der Waals surface area contributed by atoms with E-state index in [9.17, 15) is 14.9 Å². The molecule has 1 amide bonds. The fourth-order valence-electron chi connectivity index (χ4n) is 1.87. The molecule has 0 N–H and O–H groups in total. The fraction of sp³-hybridized carbons (Fsp3) is 0.429. The zero-order valence-electron chi connectivity index (χ0n) is 11.9. The van der Waals surface area contributed by atoms with E-state index < -0.39 is 4.92 Å². The van der Waals surface area contributed by atoms with Gasteiger partial charge >= 0.3 is 0 Å². The number of hydrogen-bond donors (Lipinski definition) is 0. The Kier molecular flexibility index (Phi) is 6.31. The summed E-state index contributed by atoms with van der Waals surface area (Å²) in [6.45, 7) is 4.76. The van der Waals surface area contributed by atoms with Crippen LogP contribution in [0.25, 0.3) is 0 Å². The van der Waals surface area contributed by atoms with Crippen LogP contribution < -0.4 is 0 Å². The molecule has 0 atom stereocenters. The molecule has 1 aromatic carbocycles. The normalized spacial score (nSPS) is 10.2. The van der Waals surface area contributed by atoms with Crippen LogP contribution >= 0.6 is 15.9 Å². The van der Waals surface area contributed by atoms with Gasteiger partial charge in [0.25, 0.3) is 11.6 Å². The topological polar surface area (TPSA) is 87.2 Å². The van der Waals surface area contributed by atoms with E-state index >= 15 is 0 Å². The first-order valence-corrected chi connectivity index (χ1v) is 7.26. The number of benzene rings is 1. The van der Waals surface area contributed by atoms with E-state index in [1.807, 2.05) is 19.9 Å². The molecule has 0 fully saturated rings. The highest BCUT2D eigenvalue weighted by atomic mass is 79.9. The van der Waals surface area contributed by atoms with Crippen molar-refractivity contribution in [3.63, 3.8) is 0 Å². The first kappa shape index (κ1) is 17.1. The van der Waals surface area contributed by atoms with Gasteiger partial charge in [-0.2, -0.15) is 5.26 Å². The smallest absolute Gasteiger partial charge is 0.284 e. The van der Waals surface area contributed by atoms with Crippen LogP contribution in [-0.2, 0) is 0 Å². The van der Waals surface area contributed by atoms with Gasteiger partial charge in [-0.3, -0.25) is 14.9 Å². The lowest BCUT2D eigenvalue weighted by Crippen LogP contribution is -2.35. The zero-order chi connectivity index (χ0) is 16.0. The zero-order valence-corrected chi connectivity index (χ0v) is 13.5. The highest BCUT2D eigenvalue weighted by Gasteiger charge is 2.20. The van der Waals surface area contributed by atoms with E-state index in [2.05, 4.69) is 15.9 Å². The van der Waals surface area contributed by atoms with E-state index in [-0.39, 0.29) is 29.5 Å². The Morgan fingerprint density at radius 3 is 2.71 bits per heavy atom. The molecule has 0 saturated heterocycles. The predicted molar refractivity (Wildman–Crippen MR) is 81.8 cm³/mol.